The van der Waals surface area contributed by atoms with E-state index in [2.05, 4.69) is 15.0 Å². The van der Waals surface area contributed by atoms with Gasteiger partial charge in [-0.25, -0.2) is 9.97 Å². The third-order valence-electron chi connectivity index (χ3n) is 3.28. The minimum absolute atomic E-state index is 0.0481. The first kappa shape index (κ1) is 12.2. The van der Waals surface area contributed by atoms with Crippen LogP contribution in [0.4, 0.5) is 0 Å². The molecule has 3 heterocycles. The van der Waals surface area contributed by atoms with Crippen LogP contribution in [-0.2, 0) is 0 Å². The number of hydrogen-bond donors (Lipinski definition) is 0. The van der Waals surface area contributed by atoms with Crippen LogP contribution in [0, 0.1) is 0 Å². The maximum absolute atomic E-state index is 12.5. The molecule has 1 saturated heterocycles. The monoisotopic (exact) mass is 274 g/mol. The molecule has 1 aliphatic heterocycles. The summed E-state index contributed by atoms with van der Waals surface area (Å²) in [5.74, 6) is -0.0481. The molecule has 0 aromatic carbocycles. The number of carbonyl (C=O) groups excluding carboxylic acids is 1. The van der Waals surface area contributed by atoms with Crippen molar-refractivity contribution in [3.63, 3.8) is 0 Å². The molecule has 98 valence electrons. The van der Waals surface area contributed by atoms with E-state index in [4.69, 9.17) is 0 Å². The van der Waals surface area contributed by atoms with Crippen LogP contribution < -0.4 is 0 Å². The minimum atomic E-state index is -0.0481. The van der Waals surface area contributed by atoms with Crippen molar-refractivity contribution in [2.24, 2.45) is 0 Å². The van der Waals surface area contributed by atoms with Crippen LogP contribution in [0.15, 0.2) is 30.2 Å². The number of thiazole rings is 1. The molecule has 1 aliphatic rings. The number of aromatic nitrogens is 3. The summed E-state index contributed by atoms with van der Waals surface area (Å²) in [4.78, 5) is 26.8. The topological polar surface area (TPSA) is 59.0 Å². The Bertz CT molecular complexity index is 543. The van der Waals surface area contributed by atoms with Crippen LogP contribution in [0.2, 0.25) is 0 Å². The van der Waals surface area contributed by atoms with Gasteiger partial charge >= 0.3 is 0 Å². The Hall–Kier alpha value is -1.82. The first-order valence-corrected chi connectivity index (χ1v) is 7.20. The van der Waals surface area contributed by atoms with Crippen molar-refractivity contribution in [2.75, 3.05) is 6.54 Å². The van der Waals surface area contributed by atoms with Gasteiger partial charge in [-0.2, -0.15) is 0 Å². The largest absolute Gasteiger partial charge is 0.328 e. The number of amides is 1. The minimum Gasteiger partial charge on any atom is -0.328 e. The molecule has 2 aromatic heterocycles. The molecule has 6 heteroatoms. The van der Waals surface area contributed by atoms with Crippen molar-refractivity contribution in [1.82, 2.24) is 19.9 Å². The molecular formula is C13H14N4OS. The van der Waals surface area contributed by atoms with Gasteiger partial charge in [-0.3, -0.25) is 9.78 Å². The zero-order valence-electron chi connectivity index (χ0n) is 10.4. The average Bonchev–Trinajstić information content (AvgIpc) is 3.01. The second-order valence-electron chi connectivity index (χ2n) is 4.47. The lowest BCUT2D eigenvalue weighted by Gasteiger charge is -2.34. The molecule has 0 N–H and O–H groups in total. The van der Waals surface area contributed by atoms with Gasteiger partial charge < -0.3 is 4.90 Å². The first-order valence-electron chi connectivity index (χ1n) is 6.32. The molecule has 2 aromatic rings. The van der Waals surface area contributed by atoms with Crippen LogP contribution in [0.3, 0.4) is 0 Å². The van der Waals surface area contributed by atoms with Gasteiger partial charge in [0, 0.05) is 30.5 Å². The fourth-order valence-corrected chi connectivity index (χ4v) is 3.17. The van der Waals surface area contributed by atoms with Crippen LogP contribution in [-0.4, -0.2) is 32.3 Å². The maximum atomic E-state index is 12.5. The second-order valence-corrected chi connectivity index (χ2v) is 5.40. The van der Waals surface area contributed by atoms with Gasteiger partial charge in [-0.05, 0) is 19.3 Å². The summed E-state index contributed by atoms with van der Waals surface area (Å²) < 4.78 is 0. The van der Waals surface area contributed by atoms with E-state index in [0.717, 1.165) is 30.8 Å². The highest BCUT2D eigenvalue weighted by Gasteiger charge is 2.30. The van der Waals surface area contributed by atoms with Gasteiger partial charge in [-0.15, -0.1) is 11.3 Å². The van der Waals surface area contributed by atoms with Gasteiger partial charge in [0.05, 0.1) is 12.2 Å². The van der Waals surface area contributed by atoms with Gasteiger partial charge in [0.2, 0.25) is 0 Å². The Labute approximate surface area is 115 Å². The summed E-state index contributed by atoms with van der Waals surface area (Å²) in [5, 5.41) is 2.96. The van der Waals surface area contributed by atoms with Gasteiger partial charge in [0.15, 0.2) is 0 Å². The van der Waals surface area contributed by atoms with E-state index in [0.29, 0.717) is 5.69 Å². The quantitative estimate of drug-likeness (QED) is 0.843. The Balaban J connectivity index is 1.87. The standard InChI is InChI=1S/C13H14N4OS/c18-13(10-9-14-4-5-15-10)17-7-2-1-3-11(17)12-16-6-8-19-12/h4-6,8-9,11H,1-3,7H2. The lowest BCUT2D eigenvalue weighted by Crippen LogP contribution is -2.38. The predicted octanol–water partition coefficient (Wildman–Crippen LogP) is 2.30. The molecule has 0 spiro atoms. The van der Waals surface area contributed by atoms with Crippen LogP contribution >= 0.6 is 11.3 Å². The molecule has 19 heavy (non-hydrogen) atoms. The number of hydrogen-bond acceptors (Lipinski definition) is 5. The molecule has 0 bridgehead atoms. The van der Waals surface area contributed by atoms with Crippen molar-refractivity contribution in [1.29, 1.82) is 0 Å². The summed E-state index contributed by atoms with van der Waals surface area (Å²) in [5.41, 5.74) is 0.408. The van der Waals surface area contributed by atoms with Crippen molar-refractivity contribution >= 4 is 17.2 Å². The highest BCUT2D eigenvalue weighted by Crippen LogP contribution is 2.32. The normalized spacial score (nSPS) is 19.4. The van der Waals surface area contributed by atoms with E-state index in [9.17, 15) is 4.79 Å². The van der Waals surface area contributed by atoms with Crippen molar-refractivity contribution in [2.45, 2.75) is 25.3 Å². The third kappa shape index (κ3) is 2.49. The van der Waals surface area contributed by atoms with Gasteiger partial charge in [-0.1, -0.05) is 0 Å². The fraction of sp³-hybridized carbons (Fsp3) is 0.385. The van der Waals surface area contributed by atoms with E-state index in [1.165, 1.54) is 6.20 Å². The molecule has 0 saturated carbocycles. The molecule has 1 atom stereocenters. The van der Waals surface area contributed by atoms with E-state index in [-0.39, 0.29) is 11.9 Å². The number of rotatable bonds is 2. The van der Waals surface area contributed by atoms with E-state index >= 15 is 0 Å². The Morgan fingerprint density at radius 2 is 2.21 bits per heavy atom. The summed E-state index contributed by atoms with van der Waals surface area (Å²) >= 11 is 1.60. The summed E-state index contributed by atoms with van der Waals surface area (Å²) in [6.45, 7) is 0.764. The zero-order chi connectivity index (χ0) is 13.1. The first-order chi connectivity index (χ1) is 9.36. The highest BCUT2D eigenvalue weighted by molar-refractivity contribution is 7.09. The molecule has 5 nitrogen and oxygen atoms in total. The summed E-state index contributed by atoms with van der Waals surface area (Å²) in [7, 11) is 0. The van der Waals surface area contributed by atoms with E-state index < -0.39 is 0 Å². The summed E-state index contributed by atoms with van der Waals surface area (Å²) in [6.07, 6.45) is 9.58. The third-order valence-corrected chi connectivity index (χ3v) is 4.16. The van der Waals surface area contributed by atoms with E-state index in [1.807, 2.05) is 10.3 Å². The lowest BCUT2D eigenvalue weighted by atomic mass is 10.0. The molecule has 0 aliphatic carbocycles. The van der Waals surface area contributed by atoms with Crippen molar-refractivity contribution in [3.05, 3.63) is 40.9 Å². The maximum Gasteiger partial charge on any atom is 0.274 e. The SMILES string of the molecule is O=C(c1cnccn1)N1CCCCC1c1nccs1. The smallest absolute Gasteiger partial charge is 0.274 e. The Kier molecular flexibility index (Phi) is 3.50. The second kappa shape index (κ2) is 5.44. The average molecular weight is 274 g/mol. The van der Waals surface area contributed by atoms with E-state index in [1.54, 1.807) is 29.9 Å². The number of nitrogens with zero attached hydrogens (tertiary/aromatic N) is 4. The molecule has 1 fully saturated rings. The number of likely N-dealkylation sites (tertiary alicyclic amines) is 1. The van der Waals surface area contributed by atoms with Crippen LogP contribution in [0.5, 0.6) is 0 Å². The van der Waals surface area contributed by atoms with Gasteiger partial charge in [0.25, 0.3) is 5.91 Å². The van der Waals surface area contributed by atoms with Crippen molar-refractivity contribution < 1.29 is 4.79 Å². The van der Waals surface area contributed by atoms with Crippen LogP contribution in [0.1, 0.15) is 40.8 Å². The molecule has 3 rings (SSSR count). The molecule has 1 unspecified atom stereocenters. The zero-order valence-corrected chi connectivity index (χ0v) is 11.2. The van der Waals surface area contributed by atoms with Crippen LogP contribution in [0.25, 0.3) is 0 Å². The number of piperidine rings is 1. The molecule has 0 radical (unpaired) electrons. The predicted molar refractivity (Wildman–Crippen MR) is 71.8 cm³/mol. The molecular weight excluding hydrogens is 260 g/mol. The Morgan fingerprint density at radius 3 is 2.95 bits per heavy atom. The fourth-order valence-electron chi connectivity index (χ4n) is 2.39. The van der Waals surface area contributed by atoms with Crippen molar-refractivity contribution in [3.8, 4) is 0 Å². The van der Waals surface area contributed by atoms with Gasteiger partial charge in [0.1, 0.15) is 10.7 Å². The Morgan fingerprint density at radius 1 is 1.26 bits per heavy atom. The number of carbonyl (C=O) groups is 1. The molecule has 1 amide bonds. The highest BCUT2D eigenvalue weighted by atomic mass is 32.1. The lowest BCUT2D eigenvalue weighted by molar-refractivity contribution is 0.0604. The summed E-state index contributed by atoms with van der Waals surface area (Å²) in [6, 6.07) is 0.0863.